The molecule has 26 heavy (non-hydrogen) atoms. The third kappa shape index (κ3) is 3.01. The van der Waals surface area contributed by atoms with Crippen LogP contribution in [0.25, 0.3) is 22.4 Å². The van der Waals surface area contributed by atoms with E-state index in [1.165, 1.54) is 0 Å². The van der Waals surface area contributed by atoms with Crippen molar-refractivity contribution >= 4 is 16.8 Å². The van der Waals surface area contributed by atoms with E-state index in [1.807, 2.05) is 49.4 Å². The van der Waals surface area contributed by atoms with Crippen LogP contribution in [0.5, 0.6) is 0 Å². The van der Waals surface area contributed by atoms with E-state index in [0.717, 1.165) is 29.1 Å². The lowest BCUT2D eigenvalue weighted by Gasteiger charge is -2.11. The lowest BCUT2D eigenvalue weighted by Crippen LogP contribution is -2.07. The predicted molar refractivity (Wildman–Crippen MR) is 100 cm³/mol. The summed E-state index contributed by atoms with van der Waals surface area (Å²) in [5.74, 6) is 0.978. The summed E-state index contributed by atoms with van der Waals surface area (Å²) in [5.41, 5.74) is 3.99. The SMILES string of the molecule is CCc1nc(C(C)Nc2ccc3oc(=O)[nH]c3c2)oc1-c1ccccc1. The van der Waals surface area contributed by atoms with Gasteiger partial charge in [0.15, 0.2) is 11.3 Å². The molecule has 1 atom stereocenters. The first kappa shape index (κ1) is 16.2. The van der Waals surface area contributed by atoms with E-state index in [9.17, 15) is 4.79 Å². The Bertz CT molecular complexity index is 1090. The molecule has 2 heterocycles. The van der Waals surface area contributed by atoms with Crippen molar-refractivity contribution in [2.45, 2.75) is 26.3 Å². The molecule has 0 fully saturated rings. The number of hydrogen-bond acceptors (Lipinski definition) is 5. The number of H-pyrrole nitrogens is 1. The predicted octanol–water partition coefficient (Wildman–Crippen LogP) is 4.51. The molecule has 6 heteroatoms. The zero-order valence-corrected chi connectivity index (χ0v) is 14.6. The van der Waals surface area contributed by atoms with Gasteiger partial charge in [-0.25, -0.2) is 9.78 Å². The van der Waals surface area contributed by atoms with Gasteiger partial charge in [-0.05, 0) is 31.5 Å². The molecule has 2 aromatic heterocycles. The summed E-state index contributed by atoms with van der Waals surface area (Å²) in [6.45, 7) is 4.05. The summed E-state index contributed by atoms with van der Waals surface area (Å²) < 4.78 is 11.1. The van der Waals surface area contributed by atoms with Crippen LogP contribution in [0, 0.1) is 0 Å². The number of hydrogen-bond donors (Lipinski definition) is 2. The van der Waals surface area contributed by atoms with Crippen molar-refractivity contribution in [3.05, 3.63) is 70.7 Å². The topological polar surface area (TPSA) is 84.1 Å². The van der Waals surface area contributed by atoms with Crippen molar-refractivity contribution in [3.8, 4) is 11.3 Å². The number of aromatic amines is 1. The lowest BCUT2D eigenvalue weighted by molar-refractivity contribution is 0.485. The van der Waals surface area contributed by atoms with Gasteiger partial charge in [0, 0.05) is 11.3 Å². The number of nitrogens with zero attached hydrogens (tertiary/aromatic N) is 1. The average Bonchev–Trinajstić information content (AvgIpc) is 3.24. The lowest BCUT2D eigenvalue weighted by atomic mass is 10.1. The molecule has 0 aliphatic carbocycles. The minimum absolute atomic E-state index is 0.131. The number of aromatic nitrogens is 2. The molecule has 2 aromatic carbocycles. The number of nitrogens with one attached hydrogen (secondary N) is 2. The maximum Gasteiger partial charge on any atom is 0.417 e. The molecule has 0 spiro atoms. The van der Waals surface area contributed by atoms with E-state index in [0.29, 0.717) is 17.0 Å². The molecule has 0 bridgehead atoms. The monoisotopic (exact) mass is 349 g/mol. The molecule has 0 radical (unpaired) electrons. The number of rotatable bonds is 5. The fourth-order valence-corrected chi connectivity index (χ4v) is 2.96. The average molecular weight is 349 g/mol. The van der Waals surface area contributed by atoms with Crippen LogP contribution in [0.4, 0.5) is 5.69 Å². The molecular weight excluding hydrogens is 330 g/mol. The van der Waals surface area contributed by atoms with E-state index < -0.39 is 5.76 Å². The van der Waals surface area contributed by atoms with Gasteiger partial charge in [0.05, 0.1) is 11.2 Å². The van der Waals surface area contributed by atoms with E-state index in [2.05, 4.69) is 22.2 Å². The van der Waals surface area contributed by atoms with Gasteiger partial charge in [0.1, 0.15) is 6.04 Å². The molecule has 0 amide bonds. The van der Waals surface area contributed by atoms with Gasteiger partial charge in [-0.15, -0.1) is 0 Å². The Kier molecular flexibility index (Phi) is 4.08. The second-order valence-electron chi connectivity index (χ2n) is 6.14. The molecule has 4 aromatic rings. The molecule has 0 saturated heterocycles. The third-order valence-corrected chi connectivity index (χ3v) is 4.26. The summed E-state index contributed by atoms with van der Waals surface area (Å²) in [4.78, 5) is 18.6. The summed E-state index contributed by atoms with van der Waals surface area (Å²) in [7, 11) is 0. The minimum atomic E-state index is -0.460. The Hall–Kier alpha value is -3.28. The fraction of sp³-hybridized carbons (Fsp3) is 0.200. The van der Waals surface area contributed by atoms with E-state index >= 15 is 0 Å². The first-order valence-corrected chi connectivity index (χ1v) is 8.58. The maximum atomic E-state index is 11.3. The Labute approximate surface area is 149 Å². The van der Waals surface area contributed by atoms with Crippen LogP contribution in [0.15, 0.2) is 62.2 Å². The molecule has 132 valence electrons. The fourth-order valence-electron chi connectivity index (χ4n) is 2.96. The largest absolute Gasteiger partial charge is 0.438 e. The van der Waals surface area contributed by atoms with Crippen LogP contribution < -0.4 is 11.1 Å². The third-order valence-electron chi connectivity index (χ3n) is 4.26. The van der Waals surface area contributed by atoms with Crippen LogP contribution >= 0.6 is 0 Å². The van der Waals surface area contributed by atoms with Crippen molar-refractivity contribution in [3.63, 3.8) is 0 Å². The highest BCUT2D eigenvalue weighted by molar-refractivity contribution is 5.76. The van der Waals surface area contributed by atoms with Crippen molar-refractivity contribution in [2.75, 3.05) is 5.32 Å². The van der Waals surface area contributed by atoms with E-state index in [4.69, 9.17) is 8.83 Å². The molecular formula is C20H19N3O3. The zero-order valence-electron chi connectivity index (χ0n) is 14.6. The van der Waals surface area contributed by atoms with Crippen LogP contribution in [0.1, 0.15) is 31.5 Å². The highest BCUT2D eigenvalue weighted by Gasteiger charge is 2.18. The number of anilines is 1. The number of aryl methyl sites for hydroxylation is 1. The Balaban J connectivity index is 1.62. The molecule has 2 N–H and O–H groups in total. The van der Waals surface area contributed by atoms with Crippen molar-refractivity contribution in [2.24, 2.45) is 0 Å². The van der Waals surface area contributed by atoms with Crippen molar-refractivity contribution in [1.29, 1.82) is 0 Å². The molecule has 0 aliphatic rings. The van der Waals surface area contributed by atoms with Crippen molar-refractivity contribution in [1.82, 2.24) is 9.97 Å². The summed E-state index contributed by atoms with van der Waals surface area (Å²) in [5, 5.41) is 3.36. The van der Waals surface area contributed by atoms with Gasteiger partial charge in [0.25, 0.3) is 0 Å². The van der Waals surface area contributed by atoms with Gasteiger partial charge in [0.2, 0.25) is 5.89 Å². The Morgan fingerprint density at radius 2 is 1.96 bits per heavy atom. The van der Waals surface area contributed by atoms with Gasteiger partial charge in [-0.3, -0.25) is 4.98 Å². The minimum Gasteiger partial charge on any atom is -0.438 e. The van der Waals surface area contributed by atoms with Gasteiger partial charge in [-0.1, -0.05) is 37.3 Å². The molecule has 0 saturated carbocycles. The van der Waals surface area contributed by atoms with Gasteiger partial charge < -0.3 is 14.2 Å². The standard InChI is InChI=1S/C20H19N3O3/c1-3-15-18(13-7-5-4-6-8-13)26-19(22-15)12(2)21-14-9-10-17-16(11-14)23-20(24)25-17/h4-12,21H,3H2,1-2H3,(H,23,24). The Morgan fingerprint density at radius 1 is 1.15 bits per heavy atom. The first-order chi connectivity index (χ1) is 12.6. The van der Waals surface area contributed by atoms with Crippen LogP contribution in [-0.2, 0) is 6.42 Å². The van der Waals surface area contributed by atoms with Crippen molar-refractivity contribution < 1.29 is 8.83 Å². The second kappa shape index (κ2) is 6.55. The highest BCUT2D eigenvalue weighted by atomic mass is 16.4. The quantitative estimate of drug-likeness (QED) is 0.554. The van der Waals surface area contributed by atoms with Crippen LogP contribution in [0.2, 0.25) is 0 Å². The Morgan fingerprint density at radius 3 is 2.73 bits per heavy atom. The number of fused-ring (bicyclic) bond motifs is 1. The molecule has 0 aliphatic heterocycles. The van der Waals surface area contributed by atoms with E-state index in [1.54, 1.807) is 6.07 Å². The normalized spacial score (nSPS) is 12.4. The summed E-state index contributed by atoms with van der Waals surface area (Å²) >= 11 is 0. The number of oxazole rings is 2. The smallest absolute Gasteiger partial charge is 0.417 e. The van der Waals surface area contributed by atoms with Crippen LogP contribution in [-0.4, -0.2) is 9.97 Å². The highest BCUT2D eigenvalue weighted by Crippen LogP contribution is 2.29. The molecule has 4 rings (SSSR count). The van der Waals surface area contributed by atoms with E-state index in [-0.39, 0.29) is 6.04 Å². The second-order valence-corrected chi connectivity index (χ2v) is 6.14. The van der Waals surface area contributed by atoms with Crippen LogP contribution in [0.3, 0.4) is 0 Å². The zero-order chi connectivity index (χ0) is 18.1. The first-order valence-electron chi connectivity index (χ1n) is 8.58. The molecule has 1 unspecified atom stereocenters. The summed E-state index contributed by atoms with van der Waals surface area (Å²) in [6, 6.07) is 15.3. The maximum absolute atomic E-state index is 11.3. The number of benzene rings is 2. The van der Waals surface area contributed by atoms with Gasteiger partial charge >= 0.3 is 5.76 Å². The molecule has 6 nitrogen and oxygen atoms in total. The van der Waals surface area contributed by atoms with Gasteiger partial charge in [-0.2, -0.15) is 0 Å². The summed E-state index contributed by atoms with van der Waals surface area (Å²) in [6.07, 6.45) is 0.794.